The van der Waals surface area contributed by atoms with E-state index < -0.39 is 0 Å². The van der Waals surface area contributed by atoms with Crippen molar-refractivity contribution in [2.24, 2.45) is 0 Å². The van der Waals surface area contributed by atoms with Gasteiger partial charge in [-0.15, -0.1) is 34.0 Å². The number of hydrogen-bond donors (Lipinski definition) is 1. The van der Waals surface area contributed by atoms with Gasteiger partial charge in [0.1, 0.15) is 10.9 Å². The second kappa shape index (κ2) is 5.41. The normalized spacial score (nSPS) is 10.6. The number of aryl methyl sites for hydroxylation is 1. The van der Waals surface area contributed by atoms with Crippen LogP contribution in [0.5, 0.6) is 0 Å². The summed E-state index contributed by atoms with van der Waals surface area (Å²) in [6.07, 6.45) is 1.03. The Balaban J connectivity index is 2.22. The first-order chi connectivity index (χ1) is 9.74. The first-order valence-electron chi connectivity index (χ1n) is 6.20. The van der Waals surface area contributed by atoms with Crippen LogP contribution in [-0.2, 0) is 6.42 Å². The molecule has 0 unspecified atom stereocenters. The molecule has 2 N–H and O–H groups in total. The predicted molar refractivity (Wildman–Crippen MR) is 89.5 cm³/mol. The van der Waals surface area contributed by atoms with E-state index in [0.717, 1.165) is 21.7 Å². The zero-order chi connectivity index (χ0) is 14.1. The maximum Gasteiger partial charge on any atom is 0.129 e. The molecule has 3 heterocycles. The summed E-state index contributed by atoms with van der Waals surface area (Å²) in [6, 6.07) is 10.6. The number of rotatable bonds is 3. The minimum Gasteiger partial charge on any atom is -0.396 e. The molecule has 0 amide bonds. The van der Waals surface area contributed by atoms with Crippen molar-refractivity contribution >= 4 is 39.7 Å². The van der Waals surface area contributed by atoms with Crippen LogP contribution in [0.3, 0.4) is 0 Å². The van der Waals surface area contributed by atoms with Gasteiger partial charge < -0.3 is 5.73 Å². The third-order valence-corrected chi connectivity index (χ3v) is 6.46. The Bertz CT molecular complexity index is 773. The summed E-state index contributed by atoms with van der Waals surface area (Å²) < 4.78 is 0. The molecule has 0 aliphatic carbocycles. The predicted octanol–water partition coefficient (Wildman–Crippen LogP) is 5.22. The van der Waals surface area contributed by atoms with Gasteiger partial charge in [-0.05, 0) is 30.0 Å². The minimum absolute atomic E-state index is 0.606. The fourth-order valence-corrected chi connectivity index (χ4v) is 5.01. The number of nitriles is 1. The van der Waals surface area contributed by atoms with Gasteiger partial charge in [0.05, 0.1) is 10.6 Å². The third-order valence-electron chi connectivity index (χ3n) is 3.05. The minimum atomic E-state index is 0.606. The van der Waals surface area contributed by atoms with Gasteiger partial charge in [-0.2, -0.15) is 5.26 Å². The molecule has 0 saturated heterocycles. The molecule has 3 aromatic heterocycles. The summed E-state index contributed by atoms with van der Waals surface area (Å²) in [7, 11) is 0. The van der Waals surface area contributed by atoms with Crippen LogP contribution in [-0.4, -0.2) is 0 Å². The van der Waals surface area contributed by atoms with Crippen molar-refractivity contribution in [3.63, 3.8) is 0 Å². The molecule has 0 atom stereocenters. The van der Waals surface area contributed by atoms with Gasteiger partial charge in [0.2, 0.25) is 0 Å². The lowest BCUT2D eigenvalue weighted by atomic mass is 10.1. The average molecular weight is 316 g/mol. The molecule has 0 aromatic carbocycles. The van der Waals surface area contributed by atoms with Gasteiger partial charge in [-0.25, -0.2) is 0 Å². The molecular formula is C15H12N2S3. The zero-order valence-electron chi connectivity index (χ0n) is 10.8. The van der Waals surface area contributed by atoms with Gasteiger partial charge in [0.25, 0.3) is 0 Å². The fourth-order valence-electron chi connectivity index (χ4n) is 2.06. The first-order valence-corrected chi connectivity index (χ1v) is 8.71. The lowest BCUT2D eigenvalue weighted by Crippen LogP contribution is -1.87. The Morgan fingerprint density at radius 3 is 2.65 bits per heavy atom. The van der Waals surface area contributed by atoms with Crippen molar-refractivity contribution in [2.75, 3.05) is 5.73 Å². The lowest BCUT2D eigenvalue weighted by molar-refractivity contribution is 1.19. The largest absolute Gasteiger partial charge is 0.396 e. The van der Waals surface area contributed by atoms with Crippen molar-refractivity contribution < 1.29 is 0 Å². The zero-order valence-corrected chi connectivity index (χ0v) is 13.3. The van der Waals surface area contributed by atoms with Crippen LogP contribution >= 0.6 is 34.0 Å². The number of nitrogen functional groups attached to an aromatic ring is 1. The Morgan fingerprint density at radius 1 is 1.20 bits per heavy atom. The summed E-state index contributed by atoms with van der Waals surface area (Å²) >= 11 is 4.93. The highest BCUT2D eigenvalue weighted by molar-refractivity contribution is 7.23. The average Bonchev–Trinajstić information content (AvgIpc) is 3.17. The monoisotopic (exact) mass is 316 g/mol. The van der Waals surface area contributed by atoms with E-state index in [1.54, 1.807) is 22.7 Å². The van der Waals surface area contributed by atoms with E-state index in [1.165, 1.54) is 21.1 Å². The van der Waals surface area contributed by atoms with Gasteiger partial charge in [0.15, 0.2) is 0 Å². The molecule has 0 saturated carbocycles. The number of thiophene rings is 3. The second-order valence-electron chi connectivity index (χ2n) is 4.26. The highest BCUT2D eigenvalue weighted by atomic mass is 32.1. The van der Waals surface area contributed by atoms with Crippen molar-refractivity contribution in [1.82, 2.24) is 0 Å². The summed E-state index contributed by atoms with van der Waals surface area (Å²) in [4.78, 5) is 5.40. The Labute approximate surface area is 129 Å². The van der Waals surface area contributed by atoms with Gasteiger partial charge >= 0.3 is 0 Å². The first kappa shape index (κ1) is 13.4. The van der Waals surface area contributed by atoms with E-state index >= 15 is 0 Å². The number of nitrogens with zero attached hydrogens (tertiary/aromatic N) is 1. The molecule has 20 heavy (non-hydrogen) atoms. The Hall–Kier alpha value is -1.61. The molecule has 100 valence electrons. The van der Waals surface area contributed by atoms with Gasteiger partial charge in [-0.3, -0.25) is 0 Å². The standard InChI is InChI=1S/C15H12N2S3/c1-2-9-5-6-11(19-9)15-13(10-4-3-7-18-10)14(17)12(8-16)20-15/h3-7H,2,17H2,1H3. The summed E-state index contributed by atoms with van der Waals surface area (Å²) in [5.41, 5.74) is 7.81. The summed E-state index contributed by atoms with van der Waals surface area (Å²) in [5.74, 6) is 0. The van der Waals surface area contributed by atoms with E-state index in [0.29, 0.717) is 10.6 Å². The molecule has 0 fully saturated rings. The maximum atomic E-state index is 9.24. The fraction of sp³-hybridized carbons (Fsp3) is 0.133. The van der Waals surface area contributed by atoms with Crippen LogP contribution in [0.2, 0.25) is 0 Å². The molecule has 0 radical (unpaired) electrons. The molecule has 3 aromatic rings. The maximum absolute atomic E-state index is 9.24. The van der Waals surface area contributed by atoms with Crippen molar-refractivity contribution in [3.05, 3.63) is 39.4 Å². The molecule has 0 bridgehead atoms. The van der Waals surface area contributed by atoms with Gasteiger partial charge in [0, 0.05) is 20.2 Å². The third kappa shape index (κ3) is 2.16. The second-order valence-corrected chi connectivity index (χ2v) is 7.39. The van der Waals surface area contributed by atoms with Crippen LogP contribution in [0.15, 0.2) is 29.6 Å². The molecule has 5 heteroatoms. The highest BCUT2D eigenvalue weighted by Gasteiger charge is 2.20. The summed E-state index contributed by atoms with van der Waals surface area (Å²) in [6.45, 7) is 2.15. The van der Waals surface area contributed by atoms with Crippen molar-refractivity contribution in [3.8, 4) is 26.3 Å². The number of anilines is 1. The molecular weight excluding hydrogens is 304 g/mol. The van der Waals surface area contributed by atoms with Crippen LogP contribution in [0.4, 0.5) is 5.69 Å². The SMILES string of the molecule is CCc1ccc(-c2sc(C#N)c(N)c2-c2cccs2)s1. The van der Waals surface area contributed by atoms with E-state index in [9.17, 15) is 5.26 Å². The lowest BCUT2D eigenvalue weighted by Gasteiger charge is -2.00. The summed E-state index contributed by atoms with van der Waals surface area (Å²) in [5, 5.41) is 11.3. The van der Waals surface area contributed by atoms with Crippen LogP contribution < -0.4 is 5.73 Å². The van der Waals surface area contributed by atoms with Crippen molar-refractivity contribution in [1.29, 1.82) is 5.26 Å². The highest BCUT2D eigenvalue weighted by Crippen LogP contribution is 2.47. The van der Waals surface area contributed by atoms with E-state index in [1.807, 2.05) is 11.4 Å². The van der Waals surface area contributed by atoms with E-state index in [-0.39, 0.29) is 0 Å². The van der Waals surface area contributed by atoms with Gasteiger partial charge in [-0.1, -0.05) is 13.0 Å². The van der Waals surface area contributed by atoms with Crippen molar-refractivity contribution in [2.45, 2.75) is 13.3 Å². The van der Waals surface area contributed by atoms with Crippen LogP contribution in [0, 0.1) is 11.3 Å². The van der Waals surface area contributed by atoms with E-state index in [4.69, 9.17) is 5.73 Å². The topological polar surface area (TPSA) is 49.8 Å². The molecule has 2 nitrogen and oxygen atoms in total. The Morgan fingerprint density at radius 2 is 2.05 bits per heavy atom. The van der Waals surface area contributed by atoms with Crippen LogP contribution in [0.25, 0.3) is 20.2 Å². The number of hydrogen-bond acceptors (Lipinski definition) is 5. The number of nitrogens with two attached hydrogens (primary N) is 1. The molecule has 3 rings (SSSR count). The van der Waals surface area contributed by atoms with Crippen LogP contribution in [0.1, 0.15) is 16.7 Å². The quantitative estimate of drug-likeness (QED) is 0.720. The molecule has 0 aliphatic rings. The van der Waals surface area contributed by atoms with E-state index in [2.05, 4.69) is 31.2 Å². The molecule has 0 aliphatic heterocycles. The molecule has 0 spiro atoms. The Kier molecular flexibility index (Phi) is 3.62. The smallest absolute Gasteiger partial charge is 0.129 e.